The second kappa shape index (κ2) is 6.23. The molecule has 0 spiro atoms. The summed E-state index contributed by atoms with van der Waals surface area (Å²) >= 11 is 1.76. The first-order chi connectivity index (χ1) is 8.31. The van der Waals surface area contributed by atoms with Gasteiger partial charge in [0.1, 0.15) is 0 Å². The summed E-state index contributed by atoms with van der Waals surface area (Å²) in [5.74, 6) is 2.15. The quantitative estimate of drug-likeness (QED) is 0.831. The Morgan fingerprint density at radius 1 is 1.47 bits per heavy atom. The molecular formula is C10H18N4O2S. The molecule has 1 aliphatic rings. The van der Waals surface area contributed by atoms with Crippen LogP contribution in [0.3, 0.4) is 0 Å². The molecule has 2 rings (SSSR count). The van der Waals surface area contributed by atoms with Gasteiger partial charge in [-0.3, -0.25) is 0 Å². The summed E-state index contributed by atoms with van der Waals surface area (Å²) in [4.78, 5) is 6.40. The van der Waals surface area contributed by atoms with Crippen molar-refractivity contribution in [1.82, 2.24) is 10.1 Å². The van der Waals surface area contributed by atoms with Crippen molar-refractivity contribution in [2.45, 2.75) is 12.5 Å². The highest BCUT2D eigenvalue weighted by Gasteiger charge is 2.19. The predicted octanol–water partition coefficient (Wildman–Crippen LogP) is 0.659. The maximum atomic E-state index is 5.97. The summed E-state index contributed by atoms with van der Waals surface area (Å²) in [5, 5.41) is 3.97. The topological polar surface area (TPSA) is 77.4 Å². The first-order valence-electron chi connectivity index (χ1n) is 5.72. The van der Waals surface area contributed by atoms with Crippen molar-refractivity contribution in [2.24, 2.45) is 5.73 Å². The van der Waals surface area contributed by atoms with Crippen molar-refractivity contribution in [3.8, 4) is 0 Å². The molecule has 6 nitrogen and oxygen atoms in total. The number of anilines is 1. The molecule has 1 saturated heterocycles. The van der Waals surface area contributed by atoms with Crippen LogP contribution in [0.15, 0.2) is 4.52 Å². The number of ether oxygens (including phenoxy) is 1. The summed E-state index contributed by atoms with van der Waals surface area (Å²) in [7, 11) is 0. The predicted molar refractivity (Wildman–Crippen MR) is 67.3 cm³/mol. The van der Waals surface area contributed by atoms with E-state index in [4.69, 9.17) is 15.0 Å². The van der Waals surface area contributed by atoms with E-state index in [1.807, 2.05) is 0 Å². The SMILES string of the molecule is CSCC[C@@H](N)c1nc(N2CCOCC2)no1. The van der Waals surface area contributed by atoms with Gasteiger partial charge in [-0.1, -0.05) is 0 Å². The molecule has 0 saturated carbocycles. The van der Waals surface area contributed by atoms with Crippen LogP contribution in [0.5, 0.6) is 0 Å². The van der Waals surface area contributed by atoms with Crippen LogP contribution in [-0.2, 0) is 4.74 Å². The monoisotopic (exact) mass is 258 g/mol. The van der Waals surface area contributed by atoms with E-state index in [2.05, 4.69) is 21.3 Å². The van der Waals surface area contributed by atoms with Gasteiger partial charge in [-0.05, 0) is 23.6 Å². The maximum Gasteiger partial charge on any atom is 0.266 e. The van der Waals surface area contributed by atoms with Gasteiger partial charge in [0.15, 0.2) is 0 Å². The fraction of sp³-hybridized carbons (Fsp3) is 0.800. The van der Waals surface area contributed by atoms with E-state index in [0.717, 1.165) is 25.3 Å². The number of nitrogens with zero attached hydrogens (tertiary/aromatic N) is 3. The van der Waals surface area contributed by atoms with E-state index in [0.29, 0.717) is 25.1 Å². The zero-order valence-corrected chi connectivity index (χ0v) is 10.8. The van der Waals surface area contributed by atoms with Crippen molar-refractivity contribution in [3.63, 3.8) is 0 Å². The van der Waals surface area contributed by atoms with Crippen molar-refractivity contribution in [2.75, 3.05) is 43.2 Å². The largest absolute Gasteiger partial charge is 0.378 e. The van der Waals surface area contributed by atoms with E-state index < -0.39 is 0 Å². The fourth-order valence-electron chi connectivity index (χ4n) is 1.64. The number of rotatable bonds is 5. The van der Waals surface area contributed by atoms with Crippen LogP contribution in [0.2, 0.25) is 0 Å². The van der Waals surface area contributed by atoms with Crippen LogP contribution in [0.4, 0.5) is 5.95 Å². The molecule has 0 aliphatic carbocycles. The molecule has 96 valence electrons. The van der Waals surface area contributed by atoms with Crippen molar-refractivity contribution < 1.29 is 9.26 Å². The lowest BCUT2D eigenvalue weighted by Gasteiger charge is -2.24. The first kappa shape index (κ1) is 12.7. The summed E-state index contributed by atoms with van der Waals surface area (Å²) in [6, 6.07) is -0.162. The fourth-order valence-corrected chi connectivity index (χ4v) is 2.13. The lowest BCUT2D eigenvalue weighted by molar-refractivity contribution is 0.121. The van der Waals surface area contributed by atoms with Crippen LogP contribution in [0.25, 0.3) is 0 Å². The van der Waals surface area contributed by atoms with Gasteiger partial charge in [0.25, 0.3) is 5.95 Å². The minimum absolute atomic E-state index is 0.162. The molecule has 1 aromatic rings. The second-order valence-electron chi connectivity index (χ2n) is 3.92. The van der Waals surface area contributed by atoms with Gasteiger partial charge in [0.05, 0.1) is 19.3 Å². The molecular weight excluding hydrogens is 240 g/mol. The van der Waals surface area contributed by atoms with Crippen molar-refractivity contribution in [3.05, 3.63) is 5.89 Å². The Labute approximate surface area is 105 Å². The molecule has 0 radical (unpaired) electrons. The molecule has 7 heteroatoms. The number of morpholine rings is 1. The van der Waals surface area contributed by atoms with E-state index >= 15 is 0 Å². The third kappa shape index (κ3) is 3.34. The van der Waals surface area contributed by atoms with Crippen LogP contribution in [0.1, 0.15) is 18.4 Å². The van der Waals surface area contributed by atoms with E-state index in [9.17, 15) is 0 Å². The van der Waals surface area contributed by atoms with Crippen LogP contribution >= 0.6 is 11.8 Å². The highest BCUT2D eigenvalue weighted by Crippen LogP contribution is 2.18. The van der Waals surface area contributed by atoms with Crippen molar-refractivity contribution in [1.29, 1.82) is 0 Å². The Morgan fingerprint density at radius 3 is 2.94 bits per heavy atom. The summed E-state index contributed by atoms with van der Waals surface area (Å²) < 4.78 is 10.5. The summed E-state index contributed by atoms with van der Waals surface area (Å²) in [6.07, 6.45) is 2.91. The van der Waals surface area contributed by atoms with Crippen molar-refractivity contribution >= 4 is 17.7 Å². The zero-order chi connectivity index (χ0) is 12.1. The van der Waals surface area contributed by atoms with Gasteiger partial charge in [0, 0.05) is 13.1 Å². The molecule has 1 atom stereocenters. The van der Waals surface area contributed by atoms with E-state index in [1.165, 1.54) is 0 Å². The lowest BCUT2D eigenvalue weighted by atomic mass is 10.2. The van der Waals surface area contributed by atoms with Crippen LogP contribution in [0, 0.1) is 0 Å². The normalized spacial score (nSPS) is 18.4. The minimum Gasteiger partial charge on any atom is -0.378 e. The number of hydrogen-bond acceptors (Lipinski definition) is 7. The van der Waals surface area contributed by atoms with Gasteiger partial charge in [-0.25, -0.2) is 0 Å². The third-order valence-electron chi connectivity index (χ3n) is 2.68. The van der Waals surface area contributed by atoms with Gasteiger partial charge < -0.3 is 19.9 Å². The molecule has 0 bridgehead atoms. The summed E-state index contributed by atoms with van der Waals surface area (Å²) in [5.41, 5.74) is 5.97. The highest BCUT2D eigenvalue weighted by molar-refractivity contribution is 7.98. The average Bonchev–Trinajstić information content (AvgIpc) is 2.86. The first-order valence-corrected chi connectivity index (χ1v) is 7.11. The minimum atomic E-state index is -0.162. The molecule has 17 heavy (non-hydrogen) atoms. The Bertz CT molecular complexity index is 341. The number of thioether (sulfide) groups is 1. The standard InChI is InChI=1S/C10H18N4O2S/c1-17-7-2-8(11)9-12-10(13-16-9)14-3-5-15-6-4-14/h8H,2-7,11H2,1H3/t8-/m1/s1. The molecule has 1 fully saturated rings. The maximum absolute atomic E-state index is 5.97. The van der Waals surface area contributed by atoms with Crippen LogP contribution in [-0.4, -0.2) is 48.5 Å². The highest BCUT2D eigenvalue weighted by atomic mass is 32.2. The second-order valence-corrected chi connectivity index (χ2v) is 4.91. The Hall–Kier alpha value is -0.790. The molecule has 1 aromatic heterocycles. The Balaban J connectivity index is 1.94. The zero-order valence-electron chi connectivity index (χ0n) is 9.96. The Morgan fingerprint density at radius 2 is 2.24 bits per heavy atom. The smallest absolute Gasteiger partial charge is 0.266 e. The number of aromatic nitrogens is 2. The van der Waals surface area contributed by atoms with Gasteiger partial charge >= 0.3 is 0 Å². The summed E-state index contributed by atoms with van der Waals surface area (Å²) in [6.45, 7) is 3.03. The third-order valence-corrected chi connectivity index (χ3v) is 3.32. The lowest BCUT2D eigenvalue weighted by Crippen LogP contribution is -2.36. The molecule has 0 amide bonds. The van der Waals surface area contributed by atoms with Gasteiger partial charge in [-0.2, -0.15) is 16.7 Å². The average molecular weight is 258 g/mol. The molecule has 1 aliphatic heterocycles. The van der Waals surface area contributed by atoms with Gasteiger partial charge in [-0.15, -0.1) is 0 Å². The number of hydrogen-bond donors (Lipinski definition) is 1. The number of nitrogens with two attached hydrogens (primary N) is 1. The molecule has 2 N–H and O–H groups in total. The molecule has 0 aromatic carbocycles. The van der Waals surface area contributed by atoms with Gasteiger partial charge in [0.2, 0.25) is 5.89 Å². The van der Waals surface area contributed by atoms with E-state index in [1.54, 1.807) is 11.8 Å². The molecule has 2 heterocycles. The van der Waals surface area contributed by atoms with Crippen LogP contribution < -0.4 is 10.6 Å². The van der Waals surface area contributed by atoms with E-state index in [-0.39, 0.29) is 6.04 Å². The Kier molecular flexibility index (Phi) is 4.64. The molecule has 0 unspecified atom stereocenters.